The molecule has 1 aromatic rings. The Morgan fingerprint density at radius 1 is 1.30 bits per heavy atom. The third-order valence-corrected chi connectivity index (χ3v) is 4.29. The summed E-state index contributed by atoms with van der Waals surface area (Å²) in [6, 6.07) is 7.41. The van der Waals surface area contributed by atoms with Gasteiger partial charge in [0.2, 0.25) is 0 Å². The number of nitro groups is 1. The fourth-order valence-corrected chi connectivity index (χ4v) is 2.86. The van der Waals surface area contributed by atoms with E-state index >= 15 is 0 Å². The highest BCUT2D eigenvalue weighted by atomic mass is 32.2. The van der Waals surface area contributed by atoms with E-state index in [1.165, 1.54) is 19.3 Å². The van der Waals surface area contributed by atoms with Crippen LogP contribution in [0.1, 0.15) is 39.5 Å². The number of rotatable bonds is 10. The number of nitro benzene ring substituents is 1. The van der Waals surface area contributed by atoms with Crippen LogP contribution in [0.4, 0.5) is 5.69 Å². The van der Waals surface area contributed by atoms with Crippen LogP contribution in [0.3, 0.4) is 0 Å². The minimum absolute atomic E-state index is 0.157. The summed E-state index contributed by atoms with van der Waals surface area (Å²) >= 11 is 1.77. The summed E-state index contributed by atoms with van der Waals surface area (Å²) in [6.45, 7) is 5.50. The molecule has 0 amide bonds. The summed E-state index contributed by atoms with van der Waals surface area (Å²) < 4.78 is 0. The van der Waals surface area contributed by atoms with Crippen molar-refractivity contribution < 1.29 is 4.92 Å². The van der Waals surface area contributed by atoms with E-state index in [0.717, 1.165) is 23.6 Å². The zero-order valence-corrected chi connectivity index (χ0v) is 13.1. The van der Waals surface area contributed by atoms with Crippen molar-refractivity contribution in [1.82, 2.24) is 5.32 Å². The monoisotopic (exact) mass is 296 g/mol. The number of hydrogen-bond donors (Lipinski definition) is 1. The Hall–Kier alpha value is -1.07. The molecule has 0 aliphatic heterocycles. The summed E-state index contributed by atoms with van der Waals surface area (Å²) in [5, 5.41) is 14.1. The van der Waals surface area contributed by atoms with Gasteiger partial charge >= 0.3 is 0 Å². The molecule has 5 heteroatoms. The number of nitrogens with one attached hydrogen (secondary N) is 1. The van der Waals surface area contributed by atoms with Gasteiger partial charge in [-0.2, -0.15) is 0 Å². The fourth-order valence-electron chi connectivity index (χ4n) is 1.98. The summed E-state index contributed by atoms with van der Waals surface area (Å²) in [4.78, 5) is 11.3. The van der Waals surface area contributed by atoms with Gasteiger partial charge in [-0.05, 0) is 50.1 Å². The number of thioether (sulfide) groups is 1. The third-order valence-electron chi connectivity index (χ3n) is 3.19. The Morgan fingerprint density at radius 2 is 2.00 bits per heavy atom. The maximum absolute atomic E-state index is 10.6. The minimum atomic E-state index is -0.361. The summed E-state index contributed by atoms with van der Waals surface area (Å²) in [5.41, 5.74) is 0.157. The lowest BCUT2D eigenvalue weighted by molar-refractivity contribution is -0.384. The highest BCUT2D eigenvalue weighted by molar-refractivity contribution is 7.99. The van der Waals surface area contributed by atoms with Crippen molar-refractivity contribution in [2.24, 2.45) is 0 Å². The highest BCUT2D eigenvalue weighted by Crippen LogP contribution is 2.22. The predicted octanol–water partition coefficient (Wildman–Crippen LogP) is 4.25. The molecule has 0 aromatic heterocycles. The zero-order chi connectivity index (χ0) is 14.8. The molecule has 1 atom stereocenters. The van der Waals surface area contributed by atoms with E-state index in [0.29, 0.717) is 6.04 Å². The molecule has 0 aliphatic rings. The van der Waals surface area contributed by atoms with E-state index in [-0.39, 0.29) is 10.6 Å². The molecule has 0 saturated heterocycles. The first kappa shape index (κ1) is 17.0. The van der Waals surface area contributed by atoms with Gasteiger partial charge in [-0.25, -0.2) is 0 Å². The van der Waals surface area contributed by atoms with Gasteiger partial charge in [-0.1, -0.05) is 13.8 Å². The van der Waals surface area contributed by atoms with Crippen molar-refractivity contribution in [2.75, 3.05) is 12.3 Å². The van der Waals surface area contributed by atoms with Gasteiger partial charge in [-0.3, -0.25) is 10.1 Å². The number of non-ortho nitro benzene ring substituents is 1. The van der Waals surface area contributed by atoms with E-state index < -0.39 is 0 Å². The Morgan fingerprint density at radius 3 is 2.55 bits per heavy atom. The topological polar surface area (TPSA) is 55.2 Å². The maximum atomic E-state index is 10.6. The molecule has 1 N–H and O–H groups in total. The number of hydrogen-bond acceptors (Lipinski definition) is 4. The molecule has 20 heavy (non-hydrogen) atoms. The van der Waals surface area contributed by atoms with Gasteiger partial charge in [-0.15, -0.1) is 11.8 Å². The van der Waals surface area contributed by atoms with E-state index in [4.69, 9.17) is 0 Å². The van der Waals surface area contributed by atoms with Crippen LogP contribution in [0.2, 0.25) is 0 Å². The average molecular weight is 296 g/mol. The van der Waals surface area contributed by atoms with Gasteiger partial charge in [0.25, 0.3) is 5.69 Å². The average Bonchev–Trinajstić information content (AvgIpc) is 2.47. The van der Waals surface area contributed by atoms with Gasteiger partial charge in [0.15, 0.2) is 0 Å². The second kappa shape index (κ2) is 9.77. The van der Waals surface area contributed by atoms with Gasteiger partial charge in [0, 0.05) is 23.1 Å². The first-order chi connectivity index (χ1) is 9.67. The molecule has 1 aromatic carbocycles. The van der Waals surface area contributed by atoms with Crippen LogP contribution in [0.15, 0.2) is 29.2 Å². The molecule has 112 valence electrons. The summed E-state index contributed by atoms with van der Waals surface area (Å²) in [6.07, 6.45) is 4.70. The second-order valence-corrected chi connectivity index (χ2v) is 5.97. The SMILES string of the molecule is CCCNC(CC)CCCSc1ccc([N+](=O)[O-])cc1. The van der Waals surface area contributed by atoms with Crippen molar-refractivity contribution >= 4 is 17.4 Å². The van der Waals surface area contributed by atoms with Gasteiger partial charge < -0.3 is 5.32 Å². The first-order valence-corrected chi connectivity index (χ1v) is 8.26. The molecular weight excluding hydrogens is 272 g/mol. The quantitative estimate of drug-likeness (QED) is 0.303. The van der Waals surface area contributed by atoms with Crippen LogP contribution in [-0.2, 0) is 0 Å². The Labute approximate surface area is 125 Å². The summed E-state index contributed by atoms with van der Waals surface area (Å²) in [7, 11) is 0. The second-order valence-electron chi connectivity index (χ2n) is 4.80. The van der Waals surface area contributed by atoms with Gasteiger partial charge in [0.1, 0.15) is 0 Å². The molecule has 0 bridgehead atoms. The molecule has 1 unspecified atom stereocenters. The third kappa shape index (κ3) is 6.39. The number of benzene rings is 1. The Kier molecular flexibility index (Phi) is 8.30. The van der Waals surface area contributed by atoms with Crippen LogP contribution < -0.4 is 5.32 Å². The first-order valence-electron chi connectivity index (χ1n) is 7.28. The van der Waals surface area contributed by atoms with Crippen molar-refractivity contribution in [3.63, 3.8) is 0 Å². The minimum Gasteiger partial charge on any atom is -0.314 e. The van der Waals surface area contributed by atoms with Crippen molar-refractivity contribution in [1.29, 1.82) is 0 Å². The van der Waals surface area contributed by atoms with Gasteiger partial charge in [0.05, 0.1) is 4.92 Å². The van der Waals surface area contributed by atoms with Crippen LogP contribution in [-0.4, -0.2) is 23.3 Å². The van der Waals surface area contributed by atoms with Crippen LogP contribution in [0, 0.1) is 10.1 Å². The lowest BCUT2D eigenvalue weighted by Crippen LogP contribution is -2.29. The molecule has 0 fully saturated rings. The predicted molar refractivity (Wildman–Crippen MR) is 85.4 cm³/mol. The van der Waals surface area contributed by atoms with E-state index in [2.05, 4.69) is 19.2 Å². The zero-order valence-electron chi connectivity index (χ0n) is 12.3. The normalized spacial score (nSPS) is 12.3. The molecule has 4 nitrogen and oxygen atoms in total. The molecule has 0 heterocycles. The molecule has 0 aliphatic carbocycles. The summed E-state index contributed by atoms with van der Waals surface area (Å²) in [5.74, 6) is 1.06. The lowest BCUT2D eigenvalue weighted by Gasteiger charge is -2.16. The van der Waals surface area contributed by atoms with Crippen LogP contribution >= 0.6 is 11.8 Å². The van der Waals surface area contributed by atoms with Crippen molar-refractivity contribution in [2.45, 2.75) is 50.5 Å². The van der Waals surface area contributed by atoms with Crippen LogP contribution in [0.25, 0.3) is 0 Å². The Bertz CT molecular complexity index is 395. The van der Waals surface area contributed by atoms with E-state index in [1.54, 1.807) is 23.9 Å². The molecule has 1 rings (SSSR count). The molecular formula is C15H24N2O2S. The van der Waals surface area contributed by atoms with E-state index in [9.17, 15) is 10.1 Å². The fraction of sp³-hybridized carbons (Fsp3) is 0.600. The van der Waals surface area contributed by atoms with Crippen molar-refractivity contribution in [3.05, 3.63) is 34.4 Å². The smallest absolute Gasteiger partial charge is 0.269 e. The lowest BCUT2D eigenvalue weighted by atomic mass is 10.1. The number of nitrogens with zero attached hydrogens (tertiary/aromatic N) is 1. The largest absolute Gasteiger partial charge is 0.314 e. The standard InChI is InChI=1S/C15H24N2O2S/c1-3-11-16-13(4-2)6-5-12-20-15-9-7-14(8-10-15)17(18)19/h7-10,13,16H,3-6,11-12H2,1-2H3. The molecule has 0 radical (unpaired) electrons. The maximum Gasteiger partial charge on any atom is 0.269 e. The molecule has 0 saturated carbocycles. The highest BCUT2D eigenvalue weighted by Gasteiger charge is 2.06. The molecule has 0 spiro atoms. The van der Waals surface area contributed by atoms with Crippen LogP contribution in [0.5, 0.6) is 0 Å². The van der Waals surface area contributed by atoms with E-state index in [1.807, 2.05) is 12.1 Å². The van der Waals surface area contributed by atoms with Crippen molar-refractivity contribution in [3.8, 4) is 0 Å². The Balaban J connectivity index is 2.24.